The van der Waals surface area contributed by atoms with Crippen LogP contribution in [0, 0.1) is 5.92 Å². The average molecular weight is 397 g/mol. The van der Waals surface area contributed by atoms with E-state index in [0.29, 0.717) is 5.92 Å². The number of rotatable bonds is 8. The van der Waals surface area contributed by atoms with Gasteiger partial charge in [0.2, 0.25) is 0 Å². The molecule has 2 rings (SSSR count). The van der Waals surface area contributed by atoms with E-state index in [1.54, 1.807) is 7.11 Å². The van der Waals surface area contributed by atoms with E-state index < -0.39 is 5.60 Å². The highest BCUT2D eigenvalue weighted by Gasteiger charge is 2.35. The number of aliphatic imine (C=N–C) groups is 1. The second kappa shape index (κ2) is 10.9. The Labute approximate surface area is 170 Å². The molecule has 7 nitrogen and oxygen atoms in total. The number of carbonyl (C=O) groups excluding carboxylic acids is 1. The van der Waals surface area contributed by atoms with Crippen LogP contribution in [-0.4, -0.2) is 79.9 Å². The normalized spacial score (nSPS) is 18.9. The fourth-order valence-electron chi connectivity index (χ4n) is 3.48. The molecule has 0 aromatic heterocycles. The Kier molecular flexibility index (Phi) is 8.86. The van der Waals surface area contributed by atoms with E-state index in [0.717, 1.165) is 64.6 Å². The Morgan fingerprint density at radius 3 is 2.43 bits per heavy atom. The molecule has 1 N–H and O–H groups in total. The van der Waals surface area contributed by atoms with Crippen molar-refractivity contribution >= 4 is 12.1 Å². The van der Waals surface area contributed by atoms with Gasteiger partial charge in [0.1, 0.15) is 5.60 Å². The molecule has 0 radical (unpaired) electrons. The summed E-state index contributed by atoms with van der Waals surface area (Å²) in [5, 5.41) is 3.40. The minimum absolute atomic E-state index is 0.155. The summed E-state index contributed by atoms with van der Waals surface area (Å²) in [6.07, 6.45) is 5.14. The molecule has 2 aliphatic rings. The predicted octanol–water partition coefficient (Wildman–Crippen LogP) is 3.10. The summed E-state index contributed by atoms with van der Waals surface area (Å²) in [7, 11) is 1.72. The van der Waals surface area contributed by atoms with E-state index in [2.05, 4.69) is 17.1 Å². The van der Waals surface area contributed by atoms with Crippen LogP contribution >= 0.6 is 0 Å². The Hall–Kier alpha value is -1.50. The molecule has 0 bridgehead atoms. The summed E-state index contributed by atoms with van der Waals surface area (Å²) >= 11 is 0. The molecular weight excluding hydrogens is 356 g/mol. The number of carbonyl (C=O) groups is 1. The molecule has 1 saturated carbocycles. The molecule has 1 saturated heterocycles. The summed E-state index contributed by atoms with van der Waals surface area (Å²) in [6, 6.07) is 0.253. The van der Waals surface area contributed by atoms with Gasteiger partial charge in [0.15, 0.2) is 5.96 Å². The van der Waals surface area contributed by atoms with Gasteiger partial charge in [0, 0.05) is 52.5 Å². The summed E-state index contributed by atoms with van der Waals surface area (Å²) in [6.45, 7) is 12.9. The van der Waals surface area contributed by atoms with Gasteiger partial charge in [-0.05, 0) is 65.7 Å². The third kappa shape index (κ3) is 7.86. The van der Waals surface area contributed by atoms with Crippen LogP contribution in [0.25, 0.3) is 0 Å². The van der Waals surface area contributed by atoms with Gasteiger partial charge in [-0.15, -0.1) is 0 Å². The number of piperidine rings is 1. The van der Waals surface area contributed by atoms with Crippen LogP contribution in [0.5, 0.6) is 0 Å². The first-order valence-electron chi connectivity index (χ1n) is 10.9. The molecule has 1 heterocycles. The molecule has 1 aliphatic carbocycles. The number of nitrogens with zero attached hydrogens (tertiary/aromatic N) is 3. The topological polar surface area (TPSA) is 66.4 Å². The van der Waals surface area contributed by atoms with Gasteiger partial charge in [0.25, 0.3) is 0 Å². The SMILES string of the molecule is CCNC(=NCCCOC)N1CCC(N(CC2CC2)C(=O)OC(C)(C)C)CC1. The number of likely N-dealkylation sites (tertiary alicyclic amines) is 1. The van der Waals surface area contributed by atoms with Gasteiger partial charge >= 0.3 is 6.09 Å². The lowest BCUT2D eigenvalue weighted by Gasteiger charge is -2.40. The van der Waals surface area contributed by atoms with Crippen LogP contribution in [0.2, 0.25) is 0 Å². The van der Waals surface area contributed by atoms with Crippen LogP contribution in [0.15, 0.2) is 4.99 Å². The molecular formula is C21H40N4O3. The van der Waals surface area contributed by atoms with E-state index in [1.807, 2.05) is 25.7 Å². The maximum Gasteiger partial charge on any atom is 0.410 e. The lowest BCUT2D eigenvalue weighted by molar-refractivity contribution is 0.00928. The van der Waals surface area contributed by atoms with Crippen molar-refractivity contribution in [2.75, 3.05) is 46.4 Å². The van der Waals surface area contributed by atoms with Crippen LogP contribution in [-0.2, 0) is 9.47 Å². The molecule has 28 heavy (non-hydrogen) atoms. The van der Waals surface area contributed by atoms with Crippen molar-refractivity contribution in [2.24, 2.45) is 10.9 Å². The van der Waals surface area contributed by atoms with Crippen LogP contribution in [0.1, 0.15) is 59.8 Å². The molecule has 162 valence electrons. The molecule has 7 heteroatoms. The summed E-state index contributed by atoms with van der Waals surface area (Å²) < 4.78 is 10.8. The lowest BCUT2D eigenvalue weighted by Crippen LogP contribution is -2.52. The zero-order chi connectivity index (χ0) is 20.6. The summed E-state index contributed by atoms with van der Waals surface area (Å²) in [4.78, 5) is 21.8. The van der Waals surface area contributed by atoms with Gasteiger partial charge < -0.3 is 24.6 Å². The third-order valence-electron chi connectivity index (χ3n) is 5.09. The maximum absolute atomic E-state index is 12.8. The zero-order valence-corrected chi connectivity index (χ0v) is 18.5. The van der Waals surface area contributed by atoms with Gasteiger partial charge in [-0.3, -0.25) is 4.99 Å². The fourth-order valence-corrected chi connectivity index (χ4v) is 3.48. The van der Waals surface area contributed by atoms with Crippen molar-refractivity contribution < 1.29 is 14.3 Å². The first-order chi connectivity index (χ1) is 13.3. The number of ether oxygens (including phenoxy) is 2. The molecule has 0 unspecified atom stereocenters. The minimum Gasteiger partial charge on any atom is -0.444 e. The largest absolute Gasteiger partial charge is 0.444 e. The Morgan fingerprint density at radius 2 is 1.89 bits per heavy atom. The average Bonchev–Trinajstić information content (AvgIpc) is 3.45. The lowest BCUT2D eigenvalue weighted by atomic mass is 10.0. The fraction of sp³-hybridized carbons (Fsp3) is 0.905. The number of methoxy groups -OCH3 is 1. The number of hydrogen-bond acceptors (Lipinski definition) is 4. The molecule has 1 aliphatic heterocycles. The van der Waals surface area contributed by atoms with E-state index in [1.165, 1.54) is 12.8 Å². The Balaban J connectivity index is 1.93. The van der Waals surface area contributed by atoms with Gasteiger partial charge in [-0.25, -0.2) is 4.79 Å². The number of amides is 1. The highest BCUT2D eigenvalue weighted by molar-refractivity contribution is 5.80. The Bertz CT molecular complexity index is 506. The minimum atomic E-state index is -0.452. The molecule has 0 spiro atoms. The number of hydrogen-bond donors (Lipinski definition) is 1. The standard InChI is InChI=1S/C21H40N4O3/c1-6-22-19(23-12-7-15-27-5)24-13-10-18(11-14-24)25(16-17-8-9-17)20(26)28-21(2,3)4/h17-18H,6-16H2,1-5H3,(H,22,23). The number of guanidine groups is 1. The number of nitrogens with one attached hydrogen (secondary N) is 1. The first kappa shape index (κ1) is 22.8. The van der Waals surface area contributed by atoms with Crippen molar-refractivity contribution in [1.82, 2.24) is 15.1 Å². The van der Waals surface area contributed by atoms with Gasteiger partial charge in [-0.1, -0.05) is 0 Å². The van der Waals surface area contributed by atoms with E-state index in [9.17, 15) is 4.79 Å². The highest BCUT2D eigenvalue weighted by atomic mass is 16.6. The van der Waals surface area contributed by atoms with Crippen molar-refractivity contribution in [1.29, 1.82) is 0 Å². The predicted molar refractivity (Wildman–Crippen MR) is 113 cm³/mol. The van der Waals surface area contributed by atoms with Crippen LogP contribution in [0.3, 0.4) is 0 Å². The molecule has 0 atom stereocenters. The van der Waals surface area contributed by atoms with E-state index in [-0.39, 0.29) is 12.1 Å². The molecule has 0 aromatic carbocycles. The second-order valence-corrected chi connectivity index (χ2v) is 8.88. The maximum atomic E-state index is 12.8. The first-order valence-corrected chi connectivity index (χ1v) is 10.9. The van der Waals surface area contributed by atoms with Gasteiger partial charge in [0.05, 0.1) is 0 Å². The monoisotopic (exact) mass is 396 g/mol. The molecule has 1 amide bonds. The molecule has 0 aromatic rings. The van der Waals surface area contributed by atoms with Crippen molar-refractivity contribution in [3.05, 3.63) is 0 Å². The second-order valence-electron chi connectivity index (χ2n) is 8.88. The summed E-state index contributed by atoms with van der Waals surface area (Å²) in [5.41, 5.74) is -0.452. The van der Waals surface area contributed by atoms with Gasteiger partial charge in [-0.2, -0.15) is 0 Å². The van der Waals surface area contributed by atoms with Crippen molar-refractivity contribution in [3.8, 4) is 0 Å². The molecule has 2 fully saturated rings. The van der Waals surface area contributed by atoms with E-state index >= 15 is 0 Å². The van der Waals surface area contributed by atoms with E-state index in [4.69, 9.17) is 14.5 Å². The van der Waals surface area contributed by atoms with Crippen molar-refractivity contribution in [2.45, 2.75) is 71.4 Å². The Morgan fingerprint density at radius 1 is 1.21 bits per heavy atom. The van der Waals surface area contributed by atoms with Crippen LogP contribution < -0.4 is 5.32 Å². The smallest absolute Gasteiger partial charge is 0.410 e. The quantitative estimate of drug-likeness (QED) is 0.388. The zero-order valence-electron chi connectivity index (χ0n) is 18.5. The summed E-state index contributed by atoms with van der Waals surface area (Å²) in [5.74, 6) is 1.63. The van der Waals surface area contributed by atoms with Crippen molar-refractivity contribution in [3.63, 3.8) is 0 Å². The van der Waals surface area contributed by atoms with Crippen LogP contribution in [0.4, 0.5) is 4.79 Å². The third-order valence-corrected chi connectivity index (χ3v) is 5.09. The highest BCUT2D eigenvalue weighted by Crippen LogP contribution is 2.32.